The van der Waals surface area contributed by atoms with Crippen molar-refractivity contribution in [3.63, 3.8) is 0 Å². The van der Waals surface area contributed by atoms with E-state index in [4.69, 9.17) is 0 Å². The monoisotopic (exact) mass is 336 g/mol. The molecule has 0 aliphatic rings. The second kappa shape index (κ2) is 6.81. The Balaban J connectivity index is 1.81. The molecule has 0 heterocycles. The standard InChI is InChI=1S/C20H16O3S/c21-20(18-9-5-2-6-10-18)15-24(22,23)19-13-11-17(12-14-19)16-7-3-1-4-8-16/h1-14H,15H2. The van der Waals surface area contributed by atoms with Crippen LogP contribution in [0.25, 0.3) is 11.1 Å². The van der Waals surface area contributed by atoms with E-state index < -0.39 is 21.4 Å². The average molecular weight is 336 g/mol. The average Bonchev–Trinajstić information content (AvgIpc) is 2.63. The third-order valence-corrected chi connectivity index (χ3v) is 5.37. The zero-order valence-corrected chi connectivity index (χ0v) is 13.7. The maximum absolute atomic E-state index is 12.4. The van der Waals surface area contributed by atoms with Crippen LogP contribution in [-0.4, -0.2) is 20.0 Å². The molecule has 3 aromatic carbocycles. The Labute approximate surface area is 141 Å². The molecule has 0 spiro atoms. The highest BCUT2D eigenvalue weighted by Gasteiger charge is 2.20. The van der Waals surface area contributed by atoms with E-state index in [2.05, 4.69) is 0 Å². The van der Waals surface area contributed by atoms with Crippen LogP contribution in [0, 0.1) is 0 Å². The first kappa shape index (κ1) is 16.1. The van der Waals surface area contributed by atoms with Crippen molar-refractivity contribution in [1.82, 2.24) is 0 Å². The van der Waals surface area contributed by atoms with Crippen molar-refractivity contribution in [2.75, 3.05) is 5.75 Å². The Kier molecular flexibility index (Phi) is 4.58. The van der Waals surface area contributed by atoms with Gasteiger partial charge in [-0.05, 0) is 23.3 Å². The van der Waals surface area contributed by atoms with Crippen molar-refractivity contribution < 1.29 is 13.2 Å². The Hall–Kier alpha value is -2.72. The normalized spacial score (nSPS) is 11.2. The van der Waals surface area contributed by atoms with Gasteiger partial charge in [-0.1, -0.05) is 72.8 Å². The summed E-state index contributed by atoms with van der Waals surface area (Å²) in [7, 11) is -3.66. The molecule has 3 rings (SSSR count). The number of hydrogen-bond acceptors (Lipinski definition) is 3. The second-order valence-electron chi connectivity index (χ2n) is 5.44. The van der Waals surface area contributed by atoms with E-state index in [1.165, 1.54) is 0 Å². The van der Waals surface area contributed by atoms with Crippen molar-refractivity contribution in [3.8, 4) is 11.1 Å². The largest absolute Gasteiger partial charge is 0.293 e. The molecule has 0 N–H and O–H groups in total. The molecule has 120 valence electrons. The number of sulfone groups is 1. The van der Waals surface area contributed by atoms with Gasteiger partial charge in [0.25, 0.3) is 0 Å². The summed E-state index contributed by atoms with van der Waals surface area (Å²) >= 11 is 0. The van der Waals surface area contributed by atoms with E-state index in [0.717, 1.165) is 11.1 Å². The Morgan fingerprint density at radius 1 is 0.667 bits per heavy atom. The van der Waals surface area contributed by atoms with Crippen LogP contribution >= 0.6 is 0 Å². The molecule has 0 aliphatic carbocycles. The molecule has 24 heavy (non-hydrogen) atoms. The quantitative estimate of drug-likeness (QED) is 0.662. The van der Waals surface area contributed by atoms with Gasteiger partial charge in [0.15, 0.2) is 15.6 Å². The van der Waals surface area contributed by atoms with E-state index in [9.17, 15) is 13.2 Å². The molecule has 0 saturated carbocycles. The molecule has 4 heteroatoms. The lowest BCUT2D eigenvalue weighted by molar-refractivity contribution is 0.102. The molecule has 0 amide bonds. The maximum atomic E-state index is 12.4. The minimum absolute atomic E-state index is 0.159. The second-order valence-corrected chi connectivity index (χ2v) is 7.43. The zero-order valence-electron chi connectivity index (χ0n) is 12.9. The Morgan fingerprint density at radius 2 is 1.17 bits per heavy atom. The van der Waals surface area contributed by atoms with Crippen molar-refractivity contribution in [2.24, 2.45) is 0 Å². The van der Waals surface area contributed by atoms with Crippen LogP contribution in [0.1, 0.15) is 10.4 Å². The third kappa shape index (κ3) is 3.60. The van der Waals surface area contributed by atoms with E-state index in [1.54, 1.807) is 54.6 Å². The highest BCUT2D eigenvalue weighted by molar-refractivity contribution is 7.92. The van der Waals surface area contributed by atoms with Gasteiger partial charge in [0.2, 0.25) is 0 Å². The molecule has 3 nitrogen and oxygen atoms in total. The predicted octanol–water partition coefficient (Wildman–Crippen LogP) is 4.01. The molecule has 0 atom stereocenters. The summed E-state index contributed by atoms with van der Waals surface area (Å²) in [6, 6.07) is 24.8. The van der Waals surface area contributed by atoms with Gasteiger partial charge in [0, 0.05) is 5.56 Å². The topological polar surface area (TPSA) is 51.2 Å². The Morgan fingerprint density at radius 3 is 1.75 bits per heavy atom. The van der Waals surface area contributed by atoms with Crippen LogP contribution in [0.5, 0.6) is 0 Å². The van der Waals surface area contributed by atoms with Crippen molar-refractivity contribution >= 4 is 15.6 Å². The minimum Gasteiger partial charge on any atom is -0.293 e. The van der Waals surface area contributed by atoms with Crippen molar-refractivity contribution in [3.05, 3.63) is 90.5 Å². The van der Waals surface area contributed by atoms with Gasteiger partial charge in [-0.15, -0.1) is 0 Å². The van der Waals surface area contributed by atoms with Crippen LogP contribution in [0.15, 0.2) is 89.8 Å². The number of benzene rings is 3. The lowest BCUT2D eigenvalue weighted by atomic mass is 10.1. The highest BCUT2D eigenvalue weighted by Crippen LogP contribution is 2.22. The zero-order chi connectivity index (χ0) is 17.0. The van der Waals surface area contributed by atoms with Gasteiger partial charge in [-0.3, -0.25) is 4.79 Å². The van der Waals surface area contributed by atoms with Crippen LogP contribution < -0.4 is 0 Å². The molecule has 0 fully saturated rings. The number of ketones is 1. The minimum atomic E-state index is -3.66. The lowest BCUT2D eigenvalue weighted by Gasteiger charge is -2.06. The Bertz CT molecular complexity index is 929. The van der Waals surface area contributed by atoms with E-state index in [-0.39, 0.29) is 4.90 Å². The molecular formula is C20H16O3S. The number of carbonyl (C=O) groups is 1. The number of rotatable bonds is 5. The molecule has 3 aromatic rings. The number of carbonyl (C=O) groups excluding carboxylic acids is 1. The maximum Gasteiger partial charge on any atom is 0.185 e. The van der Waals surface area contributed by atoms with Gasteiger partial charge < -0.3 is 0 Å². The number of Topliss-reactive ketones (excluding diaryl/α,β-unsaturated/α-hetero) is 1. The van der Waals surface area contributed by atoms with Gasteiger partial charge >= 0.3 is 0 Å². The fraction of sp³-hybridized carbons (Fsp3) is 0.0500. The van der Waals surface area contributed by atoms with Crippen LogP contribution in [0.2, 0.25) is 0 Å². The van der Waals surface area contributed by atoms with Crippen molar-refractivity contribution in [2.45, 2.75) is 4.90 Å². The third-order valence-electron chi connectivity index (χ3n) is 3.74. The fourth-order valence-corrected chi connectivity index (χ4v) is 3.68. The SMILES string of the molecule is O=C(CS(=O)(=O)c1ccc(-c2ccccc2)cc1)c1ccccc1. The summed E-state index contributed by atoms with van der Waals surface area (Å²) in [5, 5.41) is 0. The highest BCUT2D eigenvalue weighted by atomic mass is 32.2. The van der Waals surface area contributed by atoms with E-state index in [1.807, 2.05) is 30.3 Å². The van der Waals surface area contributed by atoms with Crippen LogP contribution in [0.3, 0.4) is 0 Å². The molecule has 0 aromatic heterocycles. The van der Waals surface area contributed by atoms with E-state index in [0.29, 0.717) is 5.56 Å². The lowest BCUT2D eigenvalue weighted by Crippen LogP contribution is -2.16. The molecular weight excluding hydrogens is 320 g/mol. The summed E-state index contributed by atoms with van der Waals surface area (Å²) in [4.78, 5) is 12.3. The van der Waals surface area contributed by atoms with Gasteiger partial charge in [0.05, 0.1) is 4.90 Å². The molecule has 0 bridgehead atoms. The summed E-state index contributed by atoms with van der Waals surface area (Å²) in [6.45, 7) is 0. The van der Waals surface area contributed by atoms with Crippen molar-refractivity contribution in [1.29, 1.82) is 0 Å². The first-order chi connectivity index (χ1) is 11.6. The molecule has 0 saturated heterocycles. The van der Waals surface area contributed by atoms with E-state index >= 15 is 0 Å². The van der Waals surface area contributed by atoms with Crippen LogP contribution in [-0.2, 0) is 9.84 Å². The van der Waals surface area contributed by atoms with Gasteiger partial charge in [0.1, 0.15) is 5.75 Å². The predicted molar refractivity (Wildman–Crippen MR) is 94.7 cm³/mol. The summed E-state index contributed by atoms with van der Waals surface area (Å²) in [5.41, 5.74) is 2.35. The van der Waals surface area contributed by atoms with Crippen LogP contribution in [0.4, 0.5) is 0 Å². The summed E-state index contributed by atoms with van der Waals surface area (Å²) < 4.78 is 24.9. The first-order valence-corrected chi connectivity index (χ1v) is 9.18. The first-order valence-electron chi connectivity index (χ1n) is 7.53. The molecule has 0 radical (unpaired) electrons. The smallest absolute Gasteiger partial charge is 0.185 e. The van der Waals surface area contributed by atoms with Gasteiger partial charge in [-0.25, -0.2) is 8.42 Å². The summed E-state index contributed by atoms with van der Waals surface area (Å²) in [5.74, 6) is -0.926. The molecule has 0 aliphatic heterocycles. The number of hydrogen-bond donors (Lipinski definition) is 0. The molecule has 0 unspecified atom stereocenters. The summed E-state index contributed by atoms with van der Waals surface area (Å²) in [6.07, 6.45) is 0. The van der Waals surface area contributed by atoms with Gasteiger partial charge in [-0.2, -0.15) is 0 Å². The fourth-order valence-electron chi connectivity index (χ4n) is 2.45.